The Morgan fingerprint density at radius 1 is 1.25 bits per heavy atom. The van der Waals surface area contributed by atoms with Crippen molar-refractivity contribution in [2.45, 2.75) is 18.9 Å². The summed E-state index contributed by atoms with van der Waals surface area (Å²) in [5.41, 5.74) is 17.8. The van der Waals surface area contributed by atoms with E-state index in [0.717, 1.165) is 12.8 Å². The summed E-state index contributed by atoms with van der Waals surface area (Å²) in [5.74, 6) is 0.0801. The van der Waals surface area contributed by atoms with Gasteiger partial charge in [0.05, 0.1) is 5.56 Å². The molecule has 0 radical (unpaired) electrons. The monoisotopic (exact) mass is 274 g/mol. The molecule has 1 fully saturated rings. The zero-order chi connectivity index (χ0) is 14.5. The molecule has 7 N–H and O–H groups in total. The number of hydrogen-bond donors (Lipinski definition) is 4. The second kappa shape index (κ2) is 6.01. The molecule has 6 nitrogen and oxygen atoms in total. The molecule has 0 unspecified atom stereocenters. The van der Waals surface area contributed by atoms with Gasteiger partial charge in [-0.2, -0.15) is 0 Å². The van der Waals surface area contributed by atoms with E-state index in [1.54, 1.807) is 24.3 Å². The Labute approximate surface area is 117 Å². The van der Waals surface area contributed by atoms with Crippen LogP contribution in [0.4, 0.5) is 5.69 Å². The minimum atomic E-state index is -0.369. The molecule has 106 valence electrons. The van der Waals surface area contributed by atoms with E-state index in [1.807, 2.05) is 0 Å². The highest BCUT2D eigenvalue weighted by atomic mass is 16.5. The van der Waals surface area contributed by atoms with E-state index in [9.17, 15) is 4.79 Å². The van der Waals surface area contributed by atoms with E-state index in [0.29, 0.717) is 11.3 Å². The SMILES string of the molecule is N/C(=C\C=C(/N)OC1CC1)NC(=O)c1ccccc1N. The number of nitrogen functional groups attached to an aromatic ring is 1. The topological polar surface area (TPSA) is 116 Å². The van der Waals surface area contributed by atoms with Gasteiger partial charge in [0.1, 0.15) is 11.9 Å². The Hall–Kier alpha value is -2.63. The van der Waals surface area contributed by atoms with Crippen LogP contribution < -0.4 is 22.5 Å². The zero-order valence-corrected chi connectivity index (χ0v) is 11.0. The Morgan fingerprint density at radius 3 is 2.60 bits per heavy atom. The maximum Gasteiger partial charge on any atom is 0.258 e. The smallest absolute Gasteiger partial charge is 0.258 e. The van der Waals surface area contributed by atoms with Gasteiger partial charge in [-0.25, -0.2) is 0 Å². The third kappa shape index (κ3) is 3.94. The first-order valence-corrected chi connectivity index (χ1v) is 6.31. The molecule has 1 amide bonds. The van der Waals surface area contributed by atoms with E-state index in [2.05, 4.69) is 5.32 Å². The van der Waals surface area contributed by atoms with Crippen molar-refractivity contribution < 1.29 is 9.53 Å². The van der Waals surface area contributed by atoms with Gasteiger partial charge in [-0.3, -0.25) is 4.79 Å². The Balaban J connectivity index is 1.94. The molecule has 0 bridgehead atoms. The maximum absolute atomic E-state index is 11.9. The second-order valence-electron chi connectivity index (χ2n) is 4.55. The summed E-state index contributed by atoms with van der Waals surface area (Å²) in [6, 6.07) is 6.76. The highest BCUT2D eigenvalue weighted by Gasteiger charge is 2.23. The summed E-state index contributed by atoms with van der Waals surface area (Å²) in [6.45, 7) is 0. The van der Waals surface area contributed by atoms with Gasteiger partial charge in [-0.15, -0.1) is 0 Å². The number of carbonyl (C=O) groups is 1. The van der Waals surface area contributed by atoms with Crippen LogP contribution in [0, 0.1) is 0 Å². The van der Waals surface area contributed by atoms with E-state index in [-0.39, 0.29) is 23.7 Å². The third-order valence-corrected chi connectivity index (χ3v) is 2.72. The number of carbonyl (C=O) groups excluding carboxylic acids is 1. The molecule has 0 atom stereocenters. The van der Waals surface area contributed by atoms with Crippen LogP contribution in [0.3, 0.4) is 0 Å². The zero-order valence-electron chi connectivity index (χ0n) is 11.0. The van der Waals surface area contributed by atoms with Crippen LogP contribution in [0.15, 0.2) is 48.1 Å². The number of anilines is 1. The lowest BCUT2D eigenvalue weighted by Crippen LogP contribution is -2.28. The molecule has 0 aromatic heterocycles. The van der Waals surface area contributed by atoms with Crippen LogP contribution in [0.1, 0.15) is 23.2 Å². The molecule has 0 aliphatic heterocycles. The van der Waals surface area contributed by atoms with Crippen molar-refractivity contribution in [3.8, 4) is 0 Å². The van der Waals surface area contributed by atoms with Crippen LogP contribution in [0.2, 0.25) is 0 Å². The fourth-order valence-corrected chi connectivity index (χ4v) is 1.53. The van der Waals surface area contributed by atoms with E-state index in [4.69, 9.17) is 21.9 Å². The number of allylic oxidation sites excluding steroid dienone is 2. The number of benzene rings is 1. The second-order valence-corrected chi connectivity index (χ2v) is 4.55. The van der Waals surface area contributed by atoms with Gasteiger partial charge < -0.3 is 27.3 Å². The van der Waals surface area contributed by atoms with E-state index in [1.165, 1.54) is 12.2 Å². The highest BCUT2D eigenvalue weighted by Crippen LogP contribution is 2.24. The molecule has 1 aromatic carbocycles. The molecular formula is C14H18N4O2. The lowest BCUT2D eigenvalue weighted by atomic mass is 10.1. The van der Waals surface area contributed by atoms with Crippen molar-refractivity contribution in [3.05, 3.63) is 53.7 Å². The molecule has 0 heterocycles. The molecule has 20 heavy (non-hydrogen) atoms. The quantitative estimate of drug-likeness (QED) is 0.359. The van der Waals surface area contributed by atoms with Crippen molar-refractivity contribution in [3.63, 3.8) is 0 Å². The third-order valence-electron chi connectivity index (χ3n) is 2.72. The average Bonchev–Trinajstić information content (AvgIpc) is 3.20. The molecule has 0 spiro atoms. The lowest BCUT2D eigenvalue weighted by Gasteiger charge is -2.07. The summed E-state index contributed by atoms with van der Waals surface area (Å²) in [6.07, 6.45) is 5.27. The van der Waals surface area contributed by atoms with E-state index >= 15 is 0 Å². The van der Waals surface area contributed by atoms with Crippen LogP contribution in [0.25, 0.3) is 0 Å². The minimum Gasteiger partial charge on any atom is -0.476 e. The minimum absolute atomic E-state index is 0.167. The number of para-hydroxylation sites is 1. The molecule has 1 aliphatic rings. The van der Waals surface area contributed by atoms with Crippen LogP contribution in [-0.2, 0) is 4.74 Å². The molecular weight excluding hydrogens is 256 g/mol. The summed E-state index contributed by atoms with van der Waals surface area (Å²) >= 11 is 0. The lowest BCUT2D eigenvalue weighted by molar-refractivity contribution is 0.0966. The Bertz CT molecular complexity index is 562. The highest BCUT2D eigenvalue weighted by molar-refractivity contribution is 5.99. The van der Waals surface area contributed by atoms with Crippen molar-refractivity contribution >= 4 is 11.6 Å². The molecule has 1 aliphatic carbocycles. The Morgan fingerprint density at radius 2 is 1.95 bits per heavy atom. The summed E-state index contributed by atoms with van der Waals surface area (Å²) in [4.78, 5) is 11.9. The number of nitrogens with two attached hydrogens (primary N) is 3. The van der Waals surface area contributed by atoms with Crippen molar-refractivity contribution in [2.24, 2.45) is 11.5 Å². The number of amides is 1. The van der Waals surface area contributed by atoms with Crippen molar-refractivity contribution in [2.75, 3.05) is 5.73 Å². The van der Waals surface area contributed by atoms with Gasteiger partial charge in [0.2, 0.25) is 0 Å². The van der Waals surface area contributed by atoms with Gasteiger partial charge in [0.25, 0.3) is 5.91 Å². The molecule has 1 aromatic rings. The number of hydrogen-bond acceptors (Lipinski definition) is 5. The Kier molecular flexibility index (Phi) is 4.14. The number of nitrogens with one attached hydrogen (secondary N) is 1. The first kappa shape index (κ1) is 13.8. The fraction of sp³-hybridized carbons (Fsp3) is 0.214. The van der Waals surface area contributed by atoms with Gasteiger partial charge in [-0.1, -0.05) is 12.1 Å². The molecule has 2 rings (SSSR count). The molecule has 0 saturated heterocycles. The number of rotatable bonds is 5. The molecule has 1 saturated carbocycles. The van der Waals surface area contributed by atoms with Crippen molar-refractivity contribution in [1.82, 2.24) is 5.32 Å². The summed E-state index contributed by atoms with van der Waals surface area (Å²) in [5, 5.41) is 2.53. The molecule has 6 heteroatoms. The van der Waals surface area contributed by atoms with Gasteiger partial charge in [0.15, 0.2) is 5.88 Å². The standard InChI is InChI=1S/C14H18N4O2/c15-11-4-2-1-3-10(11)14(19)18-12(16)7-8-13(17)20-9-5-6-9/h1-4,7-9H,5-6,15-17H2,(H,18,19)/b12-7+,13-8+. The predicted molar refractivity (Wildman–Crippen MR) is 77.0 cm³/mol. The largest absolute Gasteiger partial charge is 0.476 e. The first-order chi connectivity index (χ1) is 9.56. The first-order valence-electron chi connectivity index (χ1n) is 6.31. The fourth-order valence-electron chi connectivity index (χ4n) is 1.53. The summed E-state index contributed by atoms with van der Waals surface area (Å²) < 4.78 is 5.33. The van der Waals surface area contributed by atoms with Crippen molar-refractivity contribution in [1.29, 1.82) is 0 Å². The predicted octanol–water partition coefficient (Wildman–Crippen LogP) is 0.778. The van der Waals surface area contributed by atoms with Crippen LogP contribution in [-0.4, -0.2) is 12.0 Å². The van der Waals surface area contributed by atoms with Crippen LogP contribution >= 0.6 is 0 Å². The van der Waals surface area contributed by atoms with Gasteiger partial charge in [-0.05, 0) is 31.1 Å². The average molecular weight is 274 g/mol. The van der Waals surface area contributed by atoms with E-state index < -0.39 is 0 Å². The normalized spacial score (nSPS) is 15.8. The van der Waals surface area contributed by atoms with Crippen LogP contribution in [0.5, 0.6) is 0 Å². The number of ether oxygens (including phenoxy) is 1. The summed E-state index contributed by atoms with van der Waals surface area (Å²) in [7, 11) is 0. The van der Waals surface area contributed by atoms with Gasteiger partial charge >= 0.3 is 0 Å². The maximum atomic E-state index is 11.9. The van der Waals surface area contributed by atoms with Gasteiger partial charge in [0, 0.05) is 11.8 Å².